The maximum absolute atomic E-state index is 4.24. The van der Waals surface area contributed by atoms with Crippen LogP contribution < -0.4 is 5.32 Å². The van der Waals surface area contributed by atoms with E-state index in [-0.39, 0.29) is 0 Å². The van der Waals surface area contributed by atoms with Crippen LogP contribution in [0.25, 0.3) is 5.69 Å². The molecule has 1 fully saturated rings. The van der Waals surface area contributed by atoms with Crippen molar-refractivity contribution in [3.8, 4) is 5.69 Å². The molecule has 4 nitrogen and oxygen atoms in total. The number of aromatic nitrogens is 3. The first-order chi connectivity index (χ1) is 8.90. The van der Waals surface area contributed by atoms with Crippen molar-refractivity contribution in [3.05, 3.63) is 42.2 Å². The summed E-state index contributed by atoms with van der Waals surface area (Å²) in [5.74, 6) is 0.519. The summed E-state index contributed by atoms with van der Waals surface area (Å²) < 4.78 is 1.97. The fourth-order valence-corrected chi connectivity index (χ4v) is 2.93. The lowest BCUT2D eigenvalue weighted by Crippen LogP contribution is -2.28. The Labute approximate surface area is 107 Å². The standard InChI is InChI=1S/C14H18N4/c1-15-13-9-5-8-12(13)14-10-16-17-18(14)11-6-3-2-4-7-11/h2-4,6-7,10,12-13,15H,5,8-9H2,1H3. The number of hydrogen-bond acceptors (Lipinski definition) is 3. The van der Waals surface area contributed by atoms with E-state index in [0.29, 0.717) is 12.0 Å². The van der Waals surface area contributed by atoms with Gasteiger partial charge >= 0.3 is 0 Å². The molecular formula is C14H18N4. The second kappa shape index (κ2) is 4.90. The van der Waals surface area contributed by atoms with E-state index in [1.807, 2.05) is 36.1 Å². The van der Waals surface area contributed by atoms with Crippen molar-refractivity contribution in [2.45, 2.75) is 31.2 Å². The van der Waals surface area contributed by atoms with E-state index in [4.69, 9.17) is 0 Å². The van der Waals surface area contributed by atoms with Crippen molar-refractivity contribution < 1.29 is 0 Å². The zero-order valence-corrected chi connectivity index (χ0v) is 10.6. The first kappa shape index (κ1) is 11.4. The van der Waals surface area contributed by atoms with Gasteiger partial charge in [0.2, 0.25) is 0 Å². The van der Waals surface area contributed by atoms with Crippen LogP contribution in [-0.4, -0.2) is 28.1 Å². The molecule has 1 aliphatic carbocycles. The highest BCUT2D eigenvalue weighted by molar-refractivity contribution is 5.32. The number of benzene rings is 1. The van der Waals surface area contributed by atoms with Crippen LogP contribution in [0.1, 0.15) is 30.9 Å². The third-order valence-electron chi connectivity index (χ3n) is 3.84. The Kier molecular flexibility index (Phi) is 3.11. The second-order valence-corrected chi connectivity index (χ2v) is 4.84. The number of nitrogens with one attached hydrogen (secondary N) is 1. The molecule has 2 atom stereocenters. The van der Waals surface area contributed by atoms with Gasteiger partial charge in [0.25, 0.3) is 0 Å². The van der Waals surface area contributed by atoms with Gasteiger partial charge in [0.05, 0.1) is 17.6 Å². The van der Waals surface area contributed by atoms with Crippen LogP contribution in [0.3, 0.4) is 0 Å². The highest BCUT2D eigenvalue weighted by Crippen LogP contribution is 2.34. The molecule has 0 spiro atoms. The van der Waals surface area contributed by atoms with Crippen molar-refractivity contribution in [1.82, 2.24) is 20.3 Å². The molecule has 0 aliphatic heterocycles. The minimum Gasteiger partial charge on any atom is -0.316 e. The normalized spacial score (nSPS) is 23.4. The minimum absolute atomic E-state index is 0.519. The first-order valence-electron chi connectivity index (χ1n) is 6.53. The van der Waals surface area contributed by atoms with Crippen molar-refractivity contribution >= 4 is 0 Å². The molecule has 2 aromatic rings. The van der Waals surface area contributed by atoms with Crippen molar-refractivity contribution in [1.29, 1.82) is 0 Å². The van der Waals surface area contributed by atoms with Gasteiger partial charge in [-0.2, -0.15) is 0 Å². The lowest BCUT2D eigenvalue weighted by atomic mass is 10.00. The van der Waals surface area contributed by atoms with Gasteiger partial charge < -0.3 is 5.32 Å². The molecule has 2 unspecified atom stereocenters. The van der Waals surface area contributed by atoms with E-state index < -0.39 is 0 Å². The third-order valence-corrected chi connectivity index (χ3v) is 3.84. The van der Waals surface area contributed by atoms with Gasteiger partial charge in [-0.1, -0.05) is 29.8 Å². The van der Waals surface area contributed by atoms with Crippen LogP contribution in [0.4, 0.5) is 0 Å². The molecule has 1 aromatic heterocycles. The van der Waals surface area contributed by atoms with Gasteiger partial charge in [-0.3, -0.25) is 0 Å². The molecule has 1 aromatic carbocycles. The summed E-state index contributed by atoms with van der Waals surface area (Å²) >= 11 is 0. The third kappa shape index (κ3) is 1.93. The molecule has 0 bridgehead atoms. The Hall–Kier alpha value is -1.68. The zero-order valence-electron chi connectivity index (χ0n) is 10.6. The number of rotatable bonds is 3. The summed E-state index contributed by atoms with van der Waals surface area (Å²) in [7, 11) is 2.04. The molecule has 94 valence electrons. The summed E-state index contributed by atoms with van der Waals surface area (Å²) in [6.07, 6.45) is 5.64. The Bertz CT molecular complexity index is 506. The monoisotopic (exact) mass is 242 g/mol. The van der Waals surface area contributed by atoms with Crippen LogP contribution in [-0.2, 0) is 0 Å². The summed E-state index contributed by atoms with van der Waals surface area (Å²) in [4.78, 5) is 0. The minimum atomic E-state index is 0.519. The predicted octanol–water partition coefficient (Wildman–Crippen LogP) is 2.12. The molecule has 1 aliphatic rings. The lowest BCUT2D eigenvalue weighted by Gasteiger charge is -2.19. The largest absolute Gasteiger partial charge is 0.316 e. The number of likely N-dealkylation sites (N-methyl/N-ethyl adjacent to an activating group) is 1. The van der Waals surface area contributed by atoms with Crippen LogP contribution in [0.2, 0.25) is 0 Å². The SMILES string of the molecule is CNC1CCCC1c1cnnn1-c1ccccc1. The second-order valence-electron chi connectivity index (χ2n) is 4.84. The van der Waals surface area contributed by atoms with Gasteiger partial charge in [0.15, 0.2) is 0 Å². The Morgan fingerprint density at radius 2 is 2.06 bits per heavy atom. The predicted molar refractivity (Wildman–Crippen MR) is 70.8 cm³/mol. The summed E-state index contributed by atoms with van der Waals surface area (Å²) in [6, 6.07) is 10.8. The highest BCUT2D eigenvalue weighted by atomic mass is 15.4. The molecule has 4 heteroatoms. The van der Waals surface area contributed by atoms with Gasteiger partial charge in [0, 0.05) is 12.0 Å². The Morgan fingerprint density at radius 1 is 1.22 bits per heavy atom. The molecule has 1 N–H and O–H groups in total. The van der Waals surface area contributed by atoms with Crippen molar-refractivity contribution in [2.75, 3.05) is 7.05 Å². The maximum Gasteiger partial charge on any atom is 0.0733 e. The summed E-state index contributed by atoms with van der Waals surface area (Å²) in [5, 5.41) is 11.7. The fraction of sp³-hybridized carbons (Fsp3) is 0.429. The maximum atomic E-state index is 4.24. The van der Waals surface area contributed by atoms with Crippen molar-refractivity contribution in [2.24, 2.45) is 0 Å². The van der Waals surface area contributed by atoms with Gasteiger partial charge in [-0.15, -0.1) is 5.10 Å². The Morgan fingerprint density at radius 3 is 2.83 bits per heavy atom. The lowest BCUT2D eigenvalue weighted by molar-refractivity contribution is 0.503. The molecule has 0 radical (unpaired) electrons. The van der Waals surface area contributed by atoms with E-state index in [2.05, 4.69) is 27.8 Å². The zero-order chi connectivity index (χ0) is 12.4. The van der Waals surface area contributed by atoms with Crippen molar-refractivity contribution in [3.63, 3.8) is 0 Å². The van der Waals surface area contributed by atoms with E-state index in [9.17, 15) is 0 Å². The molecule has 1 heterocycles. The van der Waals surface area contributed by atoms with Crippen LogP contribution in [0, 0.1) is 0 Å². The van der Waals surface area contributed by atoms with Gasteiger partial charge in [-0.25, -0.2) is 4.68 Å². The quantitative estimate of drug-likeness (QED) is 0.896. The smallest absolute Gasteiger partial charge is 0.0733 e. The van der Waals surface area contributed by atoms with E-state index >= 15 is 0 Å². The molecule has 18 heavy (non-hydrogen) atoms. The first-order valence-corrected chi connectivity index (χ1v) is 6.53. The van der Waals surface area contributed by atoms with E-state index in [1.165, 1.54) is 25.0 Å². The molecular weight excluding hydrogens is 224 g/mol. The molecule has 0 amide bonds. The van der Waals surface area contributed by atoms with Gasteiger partial charge in [0.1, 0.15) is 0 Å². The molecule has 0 saturated heterocycles. The average molecular weight is 242 g/mol. The Balaban J connectivity index is 1.97. The number of nitrogens with zero attached hydrogens (tertiary/aromatic N) is 3. The van der Waals surface area contributed by atoms with E-state index in [1.54, 1.807) is 0 Å². The fourth-order valence-electron chi connectivity index (χ4n) is 2.93. The molecule has 3 rings (SSSR count). The molecule has 1 saturated carbocycles. The number of hydrogen-bond donors (Lipinski definition) is 1. The highest BCUT2D eigenvalue weighted by Gasteiger charge is 2.30. The van der Waals surface area contributed by atoms with Crippen LogP contribution >= 0.6 is 0 Å². The van der Waals surface area contributed by atoms with E-state index in [0.717, 1.165) is 5.69 Å². The summed E-state index contributed by atoms with van der Waals surface area (Å²) in [5.41, 5.74) is 2.31. The summed E-state index contributed by atoms with van der Waals surface area (Å²) in [6.45, 7) is 0. The topological polar surface area (TPSA) is 42.7 Å². The van der Waals surface area contributed by atoms with Crippen LogP contribution in [0.15, 0.2) is 36.5 Å². The van der Waals surface area contributed by atoms with Crippen LogP contribution in [0.5, 0.6) is 0 Å². The average Bonchev–Trinajstić information content (AvgIpc) is 3.07. The van der Waals surface area contributed by atoms with Gasteiger partial charge in [-0.05, 0) is 32.0 Å². The number of para-hydroxylation sites is 1.